The van der Waals surface area contributed by atoms with E-state index in [0.29, 0.717) is 17.3 Å². The molecule has 0 fully saturated rings. The Morgan fingerprint density at radius 3 is 2.46 bits per heavy atom. The normalized spacial score (nSPS) is 10.7. The zero-order valence-corrected chi connectivity index (χ0v) is 16.3. The van der Waals surface area contributed by atoms with Gasteiger partial charge in [-0.25, -0.2) is 4.98 Å². The molecule has 0 unspecified atom stereocenters. The van der Waals surface area contributed by atoms with Crippen LogP contribution in [-0.2, 0) is 11.3 Å². The first kappa shape index (κ1) is 18.5. The second kappa shape index (κ2) is 8.43. The quantitative estimate of drug-likeness (QED) is 0.589. The van der Waals surface area contributed by atoms with E-state index in [1.807, 2.05) is 48.7 Å². The van der Waals surface area contributed by atoms with Crippen molar-refractivity contribution in [3.8, 4) is 11.3 Å². The average Bonchev–Trinajstić information content (AvgIpc) is 3.03. The van der Waals surface area contributed by atoms with Crippen LogP contribution in [0.5, 0.6) is 0 Å². The molecule has 0 radical (unpaired) electrons. The highest BCUT2D eigenvalue weighted by Crippen LogP contribution is 2.28. The molecule has 0 spiro atoms. The maximum atomic E-state index is 12.0. The Morgan fingerprint density at radius 2 is 1.81 bits per heavy atom. The van der Waals surface area contributed by atoms with Crippen molar-refractivity contribution in [2.24, 2.45) is 0 Å². The van der Waals surface area contributed by atoms with Crippen LogP contribution >= 0.6 is 23.4 Å². The Morgan fingerprint density at radius 1 is 1.12 bits per heavy atom. The number of thioether (sulfide) groups is 1. The predicted octanol–water partition coefficient (Wildman–Crippen LogP) is 4.43. The van der Waals surface area contributed by atoms with Crippen LogP contribution in [0.3, 0.4) is 0 Å². The second-order valence-corrected chi connectivity index (χ2v) is 7.46. The number of hydrogen-bond acceptors (Lipinski definition) is 3. The molecule has 2 aromatic carbocycles. The number of carbonyl (C=O) groups excluding carboxylic acids is 1. The molecule has 0 bridgehead atoms. The highest BCUT2D eigenvalue weighted by molar-refractivity contribution is 7.99. The van der Waals surface area contributed by atoms with E-state index in [1.165, 1.54) is 17.3 Å². The van der Waals surface area contributed by atoms with Crippen molar-refractivity contribution in [1.82, 2.24) is 14.5 Å². The van der Waals surface area contributed by atoms with Gasteiger partial charge in [-0.15, -0.1) is 0 Å². The number of rotatable bonds is 6. The maximum Gasteiger partial charge on any atom is 0.232 e. The van der Waals surface area contributed by atoms with Gasteiger partial charge in [0.25, 0.3) is 0 Å². The summed E-state index contributed by atoms with van der Waals surface area (Å²) < 4.78 is 2.15. The Labute approximate surface area is 162 Å². The Kier molecular flexibility index (Phi) is 6.01. The summed E-state index contributed by atoms with van der Waals surface area (Å²) in [4.78, 5) is 18.1. The van der Waals surface area contributed by atoms with Crippen molar-refractivity contribution < 1.29 is 4.79 Å². The summed E-state index contributed by atoms with van der Waals surface area (Å²) >= 11 is 7.48. The molecule has 0 aliphatic carbocycles. The number of benzene rings is 2. The van der Waals surface area contributed by atoms with Gasteiger partial charge in [0.05, 0.1) is 24.2 Å². The molecule has 26 heavy (non-hydrogen) atoms. The third-order valence-electron chi connectivity index (χ3n) is 3.97. The maximum absolute atomic E-state index is 12.0. The zero-order chi connectivity index (χ0) is 18.5. The molecule has 0 aliphatic heterocycles. The first-order valence-electron chi connectivity index (χ1n) is 8.23. The molecule has 1 aromatic heterocycles. The van der Waals surface area contributed by atoms with E-state index in [1.54, 1.807) is 19.0 Å². The van der Waals surface area contributed by atoms with E-state index in [4.69, 9.17) is 11.6 Å². The molecule has 1 amide bonds. The lowest BCUT2D eigenvalue weighted by molar-refractivity contribution is -0.125. The fraction of sp³-hybridized carbons (Fsp3) is 0.200. The summed E-state index contributed by atoms with van der Waals surface area (Å²) in [6.07, 6.45) is 1.86. The molecule has 0 N–H and O–H groups in total. The number of imidazole rings is 1. The molecule has 134 valence electrons. The molecular formula is C20H20ClN3OS. The van der Waals surface area contributed by atoms with Crippen molar-refractivity contribution >= 4 is 29.3 Å². The van der Waals surface area contributed by atoms with Gasteiger partial charge in [0.1, 0.15) is 0 Å². The average molecular weight is 386 g/mol. The van der Waals surface area contributed by atoms with E-state index in [9.17, 15) is 4.79 Å². The van der Waals surface area contributed by atoms with Gasteiger partial charge in [0, 0.05) is 19.1 Å². The van der Waals surface area contributed by atoms with Gasteiger partial charge in [-0.3, -0.25) is 4.79 Å². The minimum atomic E-state index is 0.0669. The van der Waals surface area contributed by atoms with Crippen LogP contribution in [0.25, 0.3) is 11.3 Å². The monoisotopic (exact) mass is 385 g/mol. The topological polar surface area (TPSA) is 38.1 Å². The minimum absolute atomic E-state index is 0.0669. The molecule has 0 saturated heterocycles. The van der Waals surface area contributed by atoms with E-state index < -0.39 is 0 Å². The summed E-state index contributed by atoms with van der Waals surface area (Å²) in [5, 5.41) is 1.53. The van der Waals surface area contributed by atoms with Crippen LogP contribution in [0.1, 0.15) is 5.56 Å². The van der Waals surface area contributed by atoms with Gasteiger partial charge >= 0.3 is 0 Å². The van der Waals surface area contributed by atoms with Crippen LogP contribution in [0.2, 0.25) is 5.02 Å². The number of aromatic nitrogens is 2. The zero-order valence-electron chi connectivity index (χ0n) is 14.7. The first-order chi connectivity index (χ1) is 12.5. The summed E-state index contributed by atoms with van der Waals surface area (Å²) in [6, 6.07) is 17.9. The summed E-state index contributed by atoms with van der Waals surface area (Å²) in [5.41, 5.74) is 3.23. The number of nitrogens with zero attached hydrogens (tertiary/aromatic N) is 3. The summed E-state index contributed by atoms with van der Waals surface area (Å²) in [6.45, 7) is 0.692. The summed E-state index contributed by atoms with van der Waals surface area (Å²) in [5.74, 6) is 0.427. The molecule has 0 saturated carbocycles. The molecule has 3 aromatic rings. The van der Waals surface area contributed by atoms with Crippen molar-refractivity contribution in [3.05, 3.63) is 71.4 Å². The predicted molar refractivity (Wildman–Crippen MR) is 108 cm³/mol. The highest BCUT2D eigenvalue weighted by atomic mass is 35.5. The molecular weight excluding hydrogens is 366 g/mol. The number of carbonyl (C=O) groups is 1. The molecule has 0 atom stereocenters. The van der Waals surface area contributed by atoms with E-state index >= 15 is 0 Å². The van der Waals surface area contributed by atoms with Crippen LogP contribution in [0, 0.1) is 0 Å². The smallest absolute Gasteiger partial charge is 0.232 e. The van der Waals surface area contributed by atoms with Crippen LogP contribution in [0.4, 0.5) is 0 Å². The lowest BCUT2D eigenvalue weighted by Crippen LogP contribution is -2.23. The van der Waals surface area contributed by atoms with E-state index in [0.717, 1.165) is 16.4 Å². The van der Waals surface area contributed by atoms with Gasteiger partial charge in [-0.1, -0.05) is 65.8 Å². The number of halogens is 1. The third kappa shape index (κ3) is 4.48. The van der Waals surface area contributed by atoms with Crippen molar-refractivity contribution in [2.45, 2.75) is 11.7 Å². The highest BCUT2D eigenvalue weighted by Gasteiger charge is 2.15. The Bertz CT molecular complexity index is 876. The lowest BCUT2D eigenvalue weighted by atomic mass is 10.1. The van der Waals surface area contributed by atoms with Crippen molar-refractivity contribution in [3.63, 3.8) is 0 Å². The molecule has 1 heterocycles. The molecule has 6 heteroatoms. The SMILES string of the molecule is CN(C)C(=O)CSc1ncc(-c2ccc(Cl)cc2)n1Cc1ccccc1. The van der Waals surface area contributed by atoms with Crippen LogP contribution < -0.4 is 0 Å². The molecule has 0 aliphatic rings. The minimum Gasteiger partial charge on any atom is -0.348 e. The van der Waals surface area contributed by atoms with Crippen LogP contribution in [0.15, 0.2) is 66.0 Å². The van der Waals surface area contributed by atoms with Gasteiger partial charge in [-0.2, -0.15) is 0 Å². The van der Waals surface area contributed by atoms with Crippen molar-refractivity contribution in [2.75, 3.05) is 19.8 Å². The van der Waals surface area contributed by atoms with Gasteiger partial charge in [0.15, 0.2) is 5.16 Å². The Hall–Kier alpha value is -2.24. The number of amides is 1. The molecule has 3 rings (SSSR count). The van der Waals surface area contributed by atoms with Crippen LogP contribution in [-0.4, -0.2) is 40.2 Å². The molecule has 4 nitrogen and oxygen atoms in total. The van der Waals surface area contributed by atoms with Gasteiger partial charge in [-0.05, 0) is 23.3 Å². The fourth-order valence-electron chi connectivity index (χ4n) is 2.50. The van der Waals surface area contributed by atoms with Gasteiger partial charge < -0.3 is 9.47 Å². The first-order valence-corrected chi connectivity index (χ1v) is 9.59. The largest absolute Gasteiger partial charge is 0.348 e. The fourth-order valence-corrected chi connectivity index (χ4v) is 3.58. The Balaban J connectivity index is 1.93. The van der Waals surface area contributed by atoms with E-state index in [-0.39, 0.29) is 5.91 Å². The van der Waals surface area contributed by atoms with Gasteiger partial charge in [0.2, 0.25) is 5.91 Å². The second-order valence-electron chi connectivity index (χ2n) is 6.08. The summed E-state index contributed by atoms with van der Waals surface area (Å²) in [7, 11) is 3.52. The number of hydrogen-bond donors (Lipinski definition) is 0. The standard InChI is InChI=1S/C20H20ClN3OS/c1-23(2)19(25)14-26-20-22-12-18(16-8-10-17(21)11-9-16)24(20)13-15-6-4-3-5-7-15/h3-12H,13-14H2,1-2H3. The lowest BCUT2D eigenvalue weighted by Gasteiger charge is -2.13. The van der Waals surface area contributed by atoms with Crippen molar-refractivity contribution in [1.29, 1.82) is 0 Å². The third-order valence-corrected chi connectivity index (χ3v) is 5.19. The van der Waals surface area contributed by atoms with E-state index in [2.05, 4.69) is 21.7 Å².